The predicted molar refractivity (Wildman–Crippen MR) is 107 cm³/mol. The van der Waals surface area contributed by atoms with Crippen molar-refractivity contribution in [1.29, 1.82) is 0 Å². The Morgan fingerprint density at radius 2 is 1.79 bits per heavy atom. The molecule has 1 fully saturated rings. The van der Waals surface area contributed by atoms with Crippen molar-refractivity contribution < 1.29 is 14.4 Å². The molecule has 4 rings (SSSR count). The first-order valence-electron chi connectivity index (χ1n) is 9.90. The number of imide groups is 1. The van der Waals surface area contributed by atoms with E-state index in [1.807, 2.05) is 49.4 Å². The number of nitrogens with one attached hydrogen (secondary N) is 2. The Morgan fingerprint density at radius 1 is 1.04 bits per heavy atom. The van der Waals surface area contributed by atoms with Gasteiger partial charge in [-0.3, -0.25) is 19.7 Å². The minimum absolute atomic E-state index is 0.131. The summed E-state index contributed by atoms with van der Waals surface area (Å²) < 4.78 is 0. The molecule has 2 N–H and O–H groups in total. The van der Waals surface area contributed by atoms with Crippen molar-refractivity contribution in [2.24, 2.45) is 0 Å². The Balaban J connectivity index is 1.51. The van der Waals surface area contributed by atoms with Crippen LogP contribution in [0.2, 0.25) is 0 Å². The molecule has 144 valence electrons. The number of piperidine rings is 1. The lowest BCUT2D eigenvalue weighted by Crippen LogP contribution is -2.51. The fraction of sp³-hybridized carbons (Fsp3) is 0.348. The molecule has 1 atom stereocenters. The molecule has 2 aromatic carbocycles. The highest BCUT2D eigenvalue weighted by atomic mass is 16.2. The predicted octanol–water partition coefficient (Wildman–Crippen LogP) is 3.51. The number of anilines is 1. The molecule has 5 nitrogen and oxygen atoms in total. The molecule has 0 saturated carbocycles. The van der Waals surface area contributed by atoms with Gasteiger partial charge in [0.05, 0.1) is 5.41 Å². The van der Waals surface area contributed by atoms with Crippen LogP contribution in [0.4, 0.5) is 5.69 Å². The van der Waals surface area contributed by atoms with Crippen molar-refractivity contribution in [3.05, 3.63) is 64.7 Å². The highest BCUT2D eigenvalue weighted by molar-refractivity contribution is 6.05. The van der Waals surface area contributed by atoms with Crippen LogP contribution in [-0.2, 0) is 27.8 Å². The summed E-state index contributed by atoms with van der Waals surface area (Å²) >= 11 is 0. The number of carbonyl (C=O) groups is 3. The van der Waals surface area contributed by atoms with Crippen molar-refractivity contribution in [3.63, 3.8) is 0 Å². The minimum Gasteiger partial charge on any atom is -0.322 e. The van der Waals surface area contributed by atoms with E-state index in [-0.39, 0.29) is 17.7 Å². The number of hydrogen-bond acceptors (Lipinski definition) is 3. The van der Waals surface area contributed by atoms with Gasteiger partial charge < -0.3 is 5.32 Å². The van der Waals surface area contributed by atoms with Crippen LogP contribution in [0, 0.1) is 0 Å². The van der Waals surface area contributed by atoms with Crippen LogP contribution in [0.15, 0.2) is 42.5 Å². The topological polar surface area (TPSA) is 75.3 Å². The third-order valence-corrected chi connectivity index (χ3v) is 6.13. The monoisotopic (exact) mass is 376 g/mol. The lowest BCUT2D eigenvalue weighted by molar-refractivity contribution is -0.138. The van der Waals surface area contributed by atoms with E-state index in [1.165, 1.54) is 11.1 Å². The molecule has 0 unspecified atom stereocenters. The molecule has 2 aliphatic rings. The molecule has 0 spiro atoms. The second-order valence-corrected chi connectivity index (χ2v) is 7.68. The smallest absolute Gasteiger partial charge is 0.255 e. The zero-order valence-electron chi connectivity index (χ0n) is 16.0. The van der Waals surface area contributed by atoms with E-state index < -0.39 is 5.41 Å². The minimum atomic E-state index is -0.684. The molecule has 3 amide bonds. The molecule has 0 aromatic heterocycles. The second-order valence-electron chi connectivity index (χ2n) is 7.68. The van der Waals surface area contributed by atoms with Gasteiger partial charge in [0.15, 0.2) is 0 Å². The van der Waals surface area contributed by atoms with Gasteiger partial charge in [-0.25, -0.2) is 0 Å². The maximum Gasteiger partial charge on any atom is 0.255 e. The number of benzene rings is 2. The number of aryl methyl sites for hydroxylation is 2. The van der Waals surface area contributed by atoms with E-state index in [0.29, 0.717) is 30.5 Å². The van der Waals surface area contributed by atoms with E-state index in [1.54, 1.807) is 0 Å². The SMILES string of the molecule is CC[C@]1(c2ccc(NC(=O)c3ccc4c(c3)CCC4)cc2)CCC(=O)NC1=O. The van der Waals surface area contributed by atoms with Gasteiger partial charge in [-0.05, 0) is 73.1 Å². The molecule has 0 radical (unpaired) electrons. The summed E-state index contributed by atoms with van der Waals surface area (Å²) in [5.74, 6) is -0.581. The number of amides is 3. The maximum atomic E-state index is 12.6. The first-order valence-corrected chi connectivity index (χ1v) is 9.90. The number of carbonyl (C=O) groups excluding carboxylic acids is 3. The molecule has 1 aliphatic heterocycles. The Morgan fingerprint density at radius 3 is 2.50 bits per heavy atom. The van der Waals surface area contributed by atoms with Crippen LogP contribution in [0.25, 0.3) is 0 Å². The van der Waals surface area contributed by atoms with Gasteiger partial charge in [-0.2, -0.15) is 0 Å². The summed E-state index contributed by atoms with van der Waals surface area (Å²) in [7, 11) is 0. The molecule has 1 heterocycles. The van der Waals surface area contributed by atoms with Gasteiger partial charge >= 0.3 is 0 Å². The van der Waals surface area contributed by atoms with Crippen molar-refractivity contribution >= 4 is 23.4 Å². The van der Waals surface area contributed by atoms with E-state index in [4.69, 9.17) is 0 Å². The molecule has 1 aliphatic carbocycles. The van der Waals surface area contributed by atoms with Crippen LogP contribution in [0.5, 0.6) is 0 Å². The summed E-state index contributed by atoms with van der Waals surface area (Å²) in [5.41, 5.74) is 4.15. The molecular weight excluding hydrogens is 352 g/mol. The number of hydrogen-bond donors (Lipinski definition) is 2. The quantitative estimate of drug-likeness (QED) is 0.802. The number of rotatable bonds is 4. The zero-order chi connectivity index (χ0) is 19.7. The van der Waals surface area contributed by atoms with Crippen molar-refractivity contribution in [2.45, 2.75) is 50.9 Å². The standard InChI is InChI=1S/C23H24N2O3/c1-2-23(13-12-20(26)25-22(23)28)18-8-10-19(11-9-18)24-21(27)17-7-6-15-4-3-5-16(15)14-17/h6-11,14H,2-5,12-13H2,1H3,(H,24,27)(H,25,26,28)/t23-/m1/s1. The van der Waals surface area contributed by atoms with Crippen LogP contribution >= 0.6 is 0 Å². The fourth-order valence-electron chi connectivity index (χ4n) is 4.36. The normalized spacial score (nSPS) is 21.2. The van der Waals surface area contributed by atoms with Crippen LogP contribution in [0.1, 0.15) is 59.7 Å². The Bertz CT molecular complexity index is 949. The molecule has 1 saturated heterocycles. The van der Waals surface area contributed by atoms with Gasteiger partial charge in [0.1, 0.15) is 0 Å². The van der Waals surface area contributed by atoms with Gasteiger partial charge in [0.2, 0.25) is 11.8 Å². The third-order valence-electron chi connectivity index (χ3n) is 6.13. The van der Waals surface area contributed by atoms with Gasteiger partial charge in [0, 0.05) is 17.7 Å². The third kappa shape index (κ3) is 3.21. The first-order chi connectivity index (χ1) is 13.5. The lowest BCUT2D eigenvalue weighted by atomic mass is 9.72. The number of fused-ring (bicyclic) bond motifs is 1. The van der Waals surface area contributed by atoms with Crippen molar-refractivity contribution in [2.75, 3.05) is 5.32 Å². The molecular formula is C23H24N2O3. The first kappa shape index (κ1) is 18.4. The molecule has 0 bridgehead atoms. The van der Waals surface area contributed by atoms with E-state index >= 15 is 0 Å². The zero-order valence-corrected chi connectivity index (χ0v) is 16.0. The Hall–Kier alpha value is -2.95. The molecule has 28 heavy (non-hydrogen) atoms. The Labute approximate surface area is 164 Å². The van der Waals surface area contributed by atoms with Crippen molar-refractivity contribution in [3.8, 4) is 0 Å². The fourth-order valence-corrected chi connectivity index (χ4v) is 4.36. The van der Waals surface area contributed by atoms with E-state index in [0.717, 1.165) is 24.8 Å². The summed E-state index contributed by atoms with van der Waals surface area (Å²) in [4.78, 5) is 36.6. The maximum absolute atomic E-state index is 12.6. The lowest BCUT2D eigenvalue weighted by Gasteiger charge is -2.35. The second kappa shape index (κ2) is 7.23. The van der Waals surface area contributed by atoms with Gasteiger partial charge in [-0.1, -0.05) is 25.1 Å². The van der Waals surface area contributed by atoms with E-state index in [2.05, 4.69) is 10.6 Å². The average Bonchev–Trinajstić information content (AvgIpc) is 3.17. The van der Waals surface area contributed by atoms with Crippen LogP contribution < -0.4 is 10.6 Å². The average molecular weight is 376 g/mol. The van der Waals surface area contributed by atoms with Crippen LogP contribution in [0.3, 0.4) is 0 Å². The highest BCUT2D eigenvalue weighted by Crippen LogP contribution is 2.36. The molecule has 2 aromatic rings. The van der Waals surface area contributed by atoms with Gasteiger partial charge in [-0.15, -0.1) is 0 Å². The van der Waals surface area contributed by atoms with Crippen LogP contribution in [-0.4, -0.2) is 17.7 Å². The summed E-state index contributed by atoms with van der Waals surface area (Å²) in [6.45, 7) is 1.96. The molecule has 5 heteroatoms. The van der Waals surface area contributed by atoms with E-state index in [9.17, 15) is 14.4 Å². The largest absolute Gasteiger partial charge is 0.322 e. The van der Waals surface area contributed by atoms with Gasteiger partial charge in [0.25, 0.3) is 5.91 Å². The summed E-state index contributed by atoms with van der Waals surface area (Å²) in [5, 5.41) is 5.40. The highest BCUT2D eigenvalue weighted by Gasteiger charge is 2.42. The summed E-state index contributed by atoms with van der Waals surface area (Å²) in [6, 6.07) is 13.3. The summed E-state index contributed by atoms with van der Waals surface area (Å²) in [6.07, 6.45) is 4.75. The Kier molecular flexibility index (Phi) is 4.75. The van der Waals surface area contributed by atoms with Crippen molar-refractivity contribution in [1.82, 2.24) is 5.32 Å².